The first-order valence-corrected chi connectivity index (χ1v) is 40.2. The number of benzene rings is 7. The minimum Gasteiger partial charge on any atom is -0.453 e. The van der Waals surface area contributed by atoms with Crippen molar-refractivity contribution in [3.63, 3.8) is 0 Å². The molecule has 29 heteroatoms. The van der Waals surface area contributed by atoms with Gasteiger partial charge in [0.25, 0.3) is 0 Å². The van der Waals surface area contributed by atoms with Crippen molar-refractivity contribution in [2.45, 2.75) is 25.7 Å². The van der Waals surface area contributed by atoms with E-state index in [0.29, 0.717) is 77.4 Å². The number of morpholine rings is 3. The van der Waals surface area contributed by atoms with E-state index >= 15 is 0 Å². The third-order valence-corrected chi connectivity index (χ3v) is 21.2. The summed E-state index contributed by atoms with van der Waals surface area (Å²) in [6, 6.07) is 48.5. The van der Waals surface area contributed by atoms with Crippen LogP contribution in [0.5, 0.6) is 34.5 Å². The molecule has 9 heterocycles. The fourth-order valence-corrected chi connectivity index (χ4v) is 14.9. The summed E-state index contributed by atoms with van der Waals surface area (Å²) in [5, 5.41) is 0. The second kappa shape index (κ2) is 44.8. The zero-order valence-corrected chi connectivity index (χ0v) is 67.1. The third kappa shape index (κ3) is 26.8. The van der Waals surface area contributed by atoms with Crippen molar-refractivity contribution < 1.29 is 78.3 Å². The molecule has 0 bridgehead atoms. The highest BCUT2D eigenvalue weighted by atomic mass is 32.1. The summed E-state index contributed by atoms with van der Waals surface area (Å²) >= 11 is 4.39. The molecule has 3 aliphatic heterocycles. The Hall–Kier alpha value is -12.9. The number of rotatable bonds is 19. The number of aromatic nitrogens is 3. The molecular weight excluding hydrogens is 1620 g/mol. The second-order valence-electron chi connectivity index (χ2n) is 26.8. The summed E-state index contributed by atoms with van der Waals surface area (Å²) in [6.45, 7) is 11.9. The summed E-state index contributed by atoms with van der Waals surface area (Å²) in [6.07, 6.45) is 7.69. The van der Waals surface area contributed by atoms with Crippen LogP contribution in [0, 0.1) is 76.2 Å². The Morgan fingerprint density at radius 3 is 1.19 bits per heavy atom. The maximum atomic E-state index is 14.9. The van der Waals surface area contributed by atoms with E-state index < -0.39 is 40.7 Å². The van der Waals surface area contributed by atoms with Crippen LogP contribution in [-0.2, 0) is 59.1 Å². The summed E-state index contributed by atoms with van der Waals surface area (Å²) in [4.78, 5) is 73.1. The van der Waals surface area contributed by atoms with Gasteiger partial charge in [-0.1, -0.05) is 102 Å². The molecule has 0 spiro atoms. The van der Waals surface area contributed by atoms with Crippen molar-refractivity contribution in [2.75, 3.05) is 104 Å². The molecule has 0 saturated carbocycles. The van der Waals surface area contributed by atoms with Gasteiger partial charge < -0.3 is 34.2 Å². The number of isocyanates is 2. The SMILES string of the molecule is Nc1ccc(Oc2ccnc3cc(C#CCN4CCOCC4)sc23)c(F)c1.O=C(Cc1ccc(Oc2ccnc3cc(C#CCN4CCOCC4)sc23)c(F)c1)Cc1ccc(F)cc1F.O=C(Cc1ccccc1)Cc1ccc(Oc2ccnc3cc(C#CCN4CCOCC4)sc23)c(F)c1.O=C=Nc1ccc(F)cc1F.O=C=Nc1ccccc1. The normalized spacial score (nSPS) is 13.1. The number of fused-ring (bicyclic) bond motifs is 3. The topological polar surface area (TPSA) is 223 Å². The average molecular weight is 1690 g/mol. The molecule has 0 atom stereocenters. The Balaban J connectivity index is 0.000000150. The Morgan fingerprint density at radius 2 is 0.785 bits per heavy atom. The lowest BCUT2D eigenvalue weighted by Crippen LogP contribution is -2.36. The van der Waals surface area contributed by atoms with Crippen molar-refractivity contribution in [3.05, 3.63) is 284 Å². The summed E-state index contributed by atoms with van der Waals surface area (Å²) in [7, 11) is 0. The number of nitrogen functional groups attached to an aromatic ring is 1. The van der Waals surface area contributed by atoms with Crippen LogP contribution in [0.15, 0.2) is 217 Å². The zero-order valence-electron chi connectivity index (χ0n) is 64.7. The van der Waals surface area contributed by atoms with E-state index in [1.165, 1.54) is 76.5 Å². The van der Waals surface area contributed by atoms with E-state index in [4.69, 9.17) is 34.2 Å². The first kappa shape index (κ1) is 87.4. The molecular formula is C92H74F7N9O10S3. The lowest BCUT2D eigenvalue weighted by atomic mass is 10.0. The van der Waals surface area contributed by atoms with Gasteiger partial charge in [0.05, 0.1) is 110 Å². The second-order valence-corrected chi connectivity index (χ2v) is 30.0. The van der Waals surface area contributed by atoms with Gasteiger partial charge in [0.2, 0.25) is 12.2 Å². The number of nitrogens with two attached hydrogens (primary N) is 1. The van der Waals surface area contributed by atoms with Gasteiger partial charge in [0.1, 0.15) is 52.0 Å². The van der Waals surface area contributed by atoms with Gasteiger partial charge in [0.15, 0.2) is 40.5 Å². The van der Waals surface area contributed by atoms with Gasteiger partial charge in [0, 0.05) is 126 Å². The standard InChI is InChI=1S/C29H23F3N2O3S.C29H25FN2O3S.C20H18FN3O2S.C7H3F2NO.C7H5NO/c30-21-5-4-20(24(31)17-21)16-22(35)14-19-3-6-27(25(32)15-19)37-28-7-8-33-26-18-23(38-29(26)28)2-1-9-34-10-12-36-13-11-34;30-25-19-22(18-23(33)17-21-5-2-1-3-6-21)8-9-27(25)35-28-10-11-31-26-20-24(36-29(26)28)7-4-12-32-13-15-34-16-14-32;21-16-12-14(22)3-4-18(16)26-19-5-6-23-17-13-15(27-20(17)19)2-1-7-24-8-10-25-11-9-24;8-5-1-2-7(10-4-11)6(9)3-5;9-6-8-7-4-2-1-3-5-7/h3-8,15,17-18H,9-14,16H2;1-3,5-6,8-11,19-20H,12-18H2;3-6,12-13H,7-11,22H2;1-3H;1-5H. The molecule has 6 aromatic heterocycles. The van der Waals surface area contributed by atoms with E-state index in [1.807, 2.05) is 66.7 Å². The fraction of sp³-hybridized carbons (Fsp3) is 0.207. The Bertz CT molecular complexity index is 6080. The predicted octanol–water partition coefficient (Wildman–Crippen LogP) is 17.9. The van der Waals surface area contributed by atoms with Gasteiger partial charge in [-0.3, -0.25) is 39.2 Å². The number of halogens is 7. The van der Waals surface area contributed by atoms with Gasteiger partial charge in [-0.05, 0) is 107 Å². The Kier molecular flexibility index (Phi) is 32.4. The third-order valence-electron chi connectivity index (χ3n) is 18.0. The van der Waals surface area contributed by atoms with Gasteiger partial charge in [-0.25, -0.2) is 40.3 Å². The summed E-state index contributed by atoms with van der Waals surface area (Å²) in [5.41, 5.74) is 10.7. The number of nitrogens with zero attached hydrogens (tertiary/aromatic N) is 8. The fourth-order valence-electron chi connectivity index (χ4n) is 12.1. The van der Waals surface area contributed by atoms with Gasteiger partial charge >= 0.3 is 0 Å². The molecule has 3 saturated heterocycles. The van der Waals surface area contributed by atoms with Gasteiger partial charge in [-0.15, -0.1) is 34.0 Å². The molecule has 16 rings (SSSR count). The molecule has 0 radical (unpaired) electrons. The molecule has 7 aromatic carbocycles. The number of ketones is 2. The molecule has 2 N–H and O–H groups in total. The number of hydrogen-bond donors (Lipinski definition) is 1. The molecule has 3 fully saturated rings. The van der Waals surface area contributed by atoms with Crippen molar-refractivity contribution in [1.82, 2.24) is 29.7 Å². The number of thiophene rings is 3. The largest absolute Gasteiger partial charge is 0.453 e. The molecule has 3 aliphatic rings. The lowest BCUT2D eigenvalue weighted by molar-refractivity contribution is -0.118. The van der Waals surface area contributed by atoms with E-state index in [-0.39, 0.29) is 59.3 Å². The Morgan fingerprint density at radius 1 is 0.397 bits per heavy atom. The number of anilines is 1. The van der Waals surface area contributed by atoms with E-state index in [9.17, 15) is 49.9 Å². The van der Waals surface area contributed by atoms with Crippen LogP contribution in [0.4, 0.5) is 47.8 Å². The van der Waals surface area contributed by atoms with Crippen LogP contribution in [-0.4, -0.2) is 152 Å². The van der Waals surface area contributed by atoms with Crippen LogP contribution >= 0.6 is 34.0 Å². The quantitative estimate of drug-likeness (QED) is 0.0261. The van der Waals surface area contributed by atoms with E-state index in [1.54, 1.807) is 73.2 Å². The number of para-hydroxylation sites is 1. The molecule has 0 unspecified atom stereocenters. The van der Waals surface area contributed by atoms with E-state index in [2.05, 4.69) is 75.2 Å². The molecule has 121 heavy (non-hydrogen) atoms. The highest BCUT2D eigenvalue weighted by Gasteiger charge is 2.20. The van der Waals surface area contributed by atoms with Gasteiger partial charge in [-0.2, -0.15) is 9.98 Å². The van der Waals surface area contributed by atoms with Crippen molar-refractivity contribution in [3.8, 4) is 70.0 Å². The number of aliphatic imine (C=N–C) groups is 2. The first-order valence-electron chi connectivity index (χ1n) is 37.8. The summed E-state index contributed by atoms with van der Waals surface area (Å²) in [5.74, 6) is 16.0. The minimum absolute atomic E-state index is 0.00614. The summed E-state index contributed by atoms with van der Waals surface area (Å²) < 4.78 is 131. The molecule has 0 amide bonds. The monoisotopic (exact) mass is 1690 g/mol. The number of carbonyl (C=O) groups excluding carboxylic acids is 4. The van der Waals surface area contributed by atoms with Crippen molar-refractivity contribution in [1.29, 1.82) is 0 Å². The van der Waals surface area contributed by atoms with E-state index in [0.717, 1.165) is 155 Å². The number of pyridine rings is 3. The van der Waals surface area contributed by atoms with Crippen LogP contribution in [0.3, 0.4) is 0 Å². The highest BCUT2D eigenvalue weighted by molar-refractivity contribution is 7.20. The first-order chi connectivity index (χ1) is 58.9. The number of ether oxygens (including phenoxy) is 6. The van der Waals surface area contributed by atoms with Crippen LogP contribution in [0.2, 0.25) is 0 Å². The van der Waals surface area contributed by atoms with Crippen LogP contribution in [0.25, 0.3) is 30.6 Å². The van der Waals surface area contributed by atoms with Crippen molar-refractivity contribution >= 4 is 105 Å². The predicted molar refractivity (Wildman–Crippen MR) is 451 cm³/mol. The smallest absolute Gasteiger partial charge is 0.240 e. The molecule has 19 nitrogen and oxygen atoms in total. The minimum atomic E-state index is -0.867. The lowest BCUT2D eigenvalue weighted by Gasteiger charge is -2.24. The molecule has 13 aromatic rings. The molecule has 0 aliphatic carbocycles. The van der Waals surface area contributed by atoms with Crippen LogP contribution < -0.4 is 19.9 Å². The zero-order chi connectivity index (χ0) is 84.7. The number of Topliss-reactive ketones (excluding diaryl/α,β-unsaturated/α-hetero) is 2. The maximum absolute atomic E-state index is 14.9. The maximum Gasteiger partial charge on any atom is 0.240 e. The highest BCUT2D eigenvalue weighted by Crippen LogP contribution is 2.39. The Labute approximate surface area is 703 Å². The number of carbonyl (C=O) groups is 2. The van der Waals surface area contributed by atoms with Crippen LogP contribution in [0.1, 0.15) is 36.9 Å². The van der Waals surface area contributed by atoms with Crippen molar-refractivity contribution in [2.24, 2.45) is 9.98 Å². The molecule has 614 valence electrons. The number of hydrogen-bond acceptors (Lipinski definition) is 22. The average Bonchev–Trinajstić information content (AvgIpc) is 1.69.